The third-order valence-corrected chi connectivity index (χ3v) is 8.25. The van der Waals surface area contributed by atoms with Crippen molar-refractivity contribution in [1.82, 2.24) is 5.43 Å². The molecule has 0 aromatic heterocycles. The number of Topliss-reactive ketones (excluding diaryl/α,β-unsaturated/α-hetero) is 1. The highest BCUT2D eigenvalue weighted by molar-refractivity contribution is 6.05. The van der Waals surface area contributed by atoms with E-state index in [0.717, 1.165) is 37.8 Å². The highest BCUT2D eigenvalue weighted by Crippen LogP contribution is 2.62. The number of amides is 1. The Morgan fingerprint density at radius 1 is 1.10 bits per heavy atom. The number of hydrogen-bond acceptors (Lipinski definition) is 4. The van der Waals surface area contributed by atoms with Crippen molar-refractivity contribution < 1.29 is 14.7 Å². The van der Waals surface area contributed by atoms with Crippen LogP contribution in [-0.4, -0.2) is 28.1 Å². The van der Waals surface area contributed by atoms with E-state index < -0.39 is 5.60 Å². The fourth-order valence-corrected chi connectivity index (χ4v) is 7.03. The summed E-state index contributed by atoms with van der Waals surface area (Å²) in [5, 5.41) is 15.5. The molecule has 0 saturated heterocycles. The number of carbonyl (C=O) groups excluding carboxylic acids is 2. The monoisotopic (exact) mass is 404 g/mol. The molecule has 0 aliphatic heterocycles. The van der Waals surface area contributed by atoms with Crippen LogP contribution in [0.15, 0.2) is 5.10 Å². The number of hydrogen-bond donors (Lipinski definition) is 2. The molecule has 0 spiro atoms. The number of nitrogens with one attached hydrogen (secondary N) is 1. The van der Waals surface area contributed by atoms with Crippen LogP contribution in [-0.2, 0) is 9.59 Å². The highest BCUT2D eigenvalue weighted by atomic mass is 16.3. The van der Waals surface area contributed by atoms with Crippen molar-refractivity contribution in [2.24, 2.45) is 33.2 Å². The Bertz CT molecular complexity index is 707. The maximum atomic E-state index is 12.8. The van der Waals surface area contributed by atoms with E-state index in [1.807, 2.05) is 6.92 Å². The molecule has 5 heteroatoms. The summed E-state index contributed by atoms with van der Waals surface area (Å²) in [5.74, 6) is 0.468. The van der Waals surface area contributed by atoms with Crippen LogP contribution in [0.3, 0.4) is 0 Å². The summed E-state index contributed by atoms with van der Waals surface area (Å²) in [5.41, 5.74) is 2.74. The maximum absolute atomic E-state index is 12.8. The largest absolute Gasteiger partial charge is 0.390 e. The first-order valence-electron chi connectivity index (χ1n) is 11.3. The Morgan fingerprint density at radius 2 is 1.79 bits per heavy atom. The number of rotatable bonds is 3. The van der Waals surface area contributed by atoms with Crippen molar-refractivity contribution in [2.45, 2.75) is 105 Å². The lowest BCUT2D eigenvalue weighted by Gasteiger charge is -2.61. The quantitative estimate of drug-likeness (QED) is 0.674. The van der Waals surface area contributed by atoms with Gasteiger partial charge in [-0.2, -0.15) is 5.10 Å². The first-order valence-corrected chi connectivity index (χ1v) is 11.3. The Kier molecular flexibility index (Phi) is 5.79. The lowest BCUT2D eigenvalue weighted by atomic mass is 9.45. The van der Waals surface area contributed by atoms with Crippen molar-refractivity contribution in [2.75, 3.05) is 0 Å². The molecule has 29 heavy (non-hydrogen) atoms. The van der Waals surface area contributed by atoms with Crippen LogP contribution in [0.1, 0.15) is 99.3 Å². The standard InChI is InChI=1S/C24H40N2O3/c1-21(2)14-16(12-17(27)15-21)25-26-20(28)13-19-23(5)10-7-9-22(3,4)18(23)8-11-24(19,6)29/h18-19,29H,7-15H2,1-6H3,(H,26,28). The number of fused-ring (bicyclic) bond motifs is 1. The normalized spacial score (nSPS) is 40.4. The van der Waals surface area contributed by atoms with E-state index in [1.54, 1.807) is 0 Å². The van der Waals surface area contributed by atoms with E-state index in [1.165, 1.54) is 6.42 Å². The molecule has 5 nitrogen and oxygen atoms in total. The van der Waals surface area contributed by atoms with E-state index in [-0.39, 0.29) is 40.3 Å². The Labute approximate surface area is 176 Å². The number of nitrogens with zero attached hydrogens (tertiary/aromatic N) is 1. The minimum atomic E-state index is -0.841. The van der Waals surface area contributed by atoms with Crippen LogP contribution in [0.2, 0.25) is 0 Å². The molecule has 164 valence electrons. The third-order valence-electron chi connectivity index (χ3n) is 8.25. The van der Waals surface area contributed by atoms with Gasteiger partial charge in [-0.1, -0.05) is 41.0 Å². The Morgan fingerprint density at radius 3 is 2.45 bits per heavy atom. The van der Waals surface area contributed by atoms with Gasteiger partial charge in [0.1, 0.15) is 5.78 Å². The second kappa shape index (κ2) is 7.47. The fraction of sp³-hybridized carbons (Fsp3) is 0.875. The summed E-state index contributed by atoms with van der Waals surface area (Å²) in [6, 6.07) is 0. The second-order valence-corrected chi connectivity index (χ2v) is 12.0. The topological polar surface area (TPSA) is 78.8 Å². The lowest BCUT2D eigenvalue weighted by Crippen LogP contribution is -2.58. The molecule has 3 rings (SSSR count). The first kappa shape index (κ1) is 22.5. The average Bonchev–Trinajstić information content (AvgIpc) is 2.53. The minimum Gasteiger partial charge on any atom is -0.390 e. The zero-order valence-electron chi connectivity index (χ0n) is 19.2. The molecule has 4 atom stereocenters. The summed E-state index contributed by atoms with van der Waals surface area (Å²) in [6.45, 7) is 13.0. The third kappa shape index (κ3) is 4.60. The molecule has 4 unspecified atom stereocenters. The van der Waals surface area contributed by atoms with Gasteiger partial charge in [0.25, 0.3) is 0 Å². The van der Waals surface area contributed by atoms with Gasteiger partial charge in [-0.25, -0.2) is 5.43 Å². The highest BCUT2D eigenvalue weighted by Gasteiger charge is 2.58. The van der Waals surface area contributed by atoms with Gasteiger partial charge in [0, 0.05) is 30.9 Å². The fourth-order valence-electron chi connectivity index (χ4n) is 7.03. The summed E-state index contributed by atoms with van der Waals surface area (Å²) < 4.78 is 0. The van der Waals surface area contributed by atoms with Gasteiger partial charge in [-0.3, -0.25) is 9.59 Å². The second-order valence-electron chi connectivity index (χ2n) is 12.0. The van der Waals surface area contributed by atoms with Crippen molar-refractivity contribution in [3.05, 3.63) is 0 Å². The molecular weight excluding hydrogens is 364 g/mol. The van der Waals surface area contributed by atoms with Crippen LogP contribution < -0.4 is 5.43 Å². The van der Waals surface area contributed by atoms with Crippen molar-refractivity contribution in [3.8, 4) is 0 Å². The SMILES string of the molecule is CC1(C)CC(=O)CC(=NNC(=O)CC2C(C)(O)CCC3C(C)(C)CCCC32C)C1. The van der Waals surface area contributed by atoms with Gasteiger partial charge in [-0.05, 0) is 61.2 Å². The van der Waals surface area contributed by atoms with Gasteiger partial charge in [-0.15, -0.1) is 0 Å². The van der Waals surface area contributed by atoms with E-state index in [4.69, 9.17) is 0 Å². The number of aliphatic hydroxyl groups is 1. The van der Waals surface area contributed by atoms with Crippen LogP contribution >= 0.6 is 0 Å². The van der Waals surface area contributed by atoms with Gasteiger partial charge >= 0.3 is 0 Å². The van der Waals surface area contributed by atoms with Crippen LogP contribution in [0.25, 0.3) is 0 Å². The zero-order valence-corrected chi connectivity index (χ0v) is 19.2. The number of ketones is 1. The molecule has 1 amide bonds. The van der Waals surface area contributed by atoms with Gasteiger partial charge in [0.2, 0.25) is 5.91 Å². The van der Waals surface area contributed by atoms with E-state index in [2.05, 4.69) is 45.1 Å². The minimum absolute atomic E-state index is 0.0449. The van der Waals surface area contributed by atoms with Crippen molar-refractivity contribution >= 4 is 17.4 Å². The molecular formula is C24H40N2O3. The van der Waals surface area contributed by atoms with Crippen LogP contribution in [0, 0.1) is 28.1 Å². The van der Waals surface area contributed by atoms with Gasteiger partial charge in [0.15, 0.2) is 0 Å². The predicted octanol–water partition coefficient (Wildman–Crippen LogP) is 4.62. The predicted molar refractivity (Wildman–Crippen MR) is 115 cm³/mol. The van der Waals surface area contributed by atoms with Crippen molar-refractivity contribution in [3.63, 3.8) is 0 Å². The first-order chi connectivity index (χ1) is 13.3. The average molecular weight is 405 g/mol. The summed E-state index contributed by atoms with van der Waals surface area (Å²) in [6.07, 6.45) is 7.10. The summed E-state index contributed by atoms with van der Waals surface area (Å²) >= 11 is 0. The van der Waals surface area contributed by atoms with Gasteiger partial charge in [0.05, 0.1) is 5.60 Å². The summed E-state index contributed by atoms with van der Waals surface area (Å²) in [4.78, 5) is 24.8. The molecule has 0 aromatic rings. The number of hydrazone groups is 1. The van der Waals surface area contributed by atoms with E-state index in [9.17, 15) is 14.7 Å². The van der Waals surface area contributed by atoms with E-state index in [0.29, 0.717) is 18.8 Å². The Hall–Kier alpha value is -1.23. The summed E-state index contributed by atoms with van der Waals surface area (Å²) in [7, 11) is 0. The van der Waals surface area contributed by atoms with E-state index >= 15 is 0 Å². The maximum Gasteiger partial charge on any atom is 0.240 e. The smallest absolute Gasteiger partial charge is 0.240 e. The van der Waals surface area contributed by atoms with Crippen LogP contribution in [0.5, 0.6) is 0 Å². The number of carbonyl (C=O) groups is 2. The molecule has 0 heterocycles. The molecule has 0 bridgehead atoms. The molecule has 0 radical (unpaired) electrons. The van der Waals surface area contributed by atoms with Crippen molar-refractivity contribution in [1.29, 1.82) is 0 Å². The zero-order chi connectivity index (χ0) is 21.7. The molecule has 3 aliphatic rings. The molecule has 0 aromatic carbocycles. The van der Waals surface area contributed by atoms with Crippen LogP contribution in [0.4, 0.5) is 0 Å². The Balaban J connectivity index is 1.74. The molecule has 2 N–H and O–H groups in total. The van der Waals surface area contributed by atoms with Gasteiger partial charge < -0.3 is 5.11 Å². The lowest BCUT2D eigenvalue weighted by molar-refractivity contribution is -0.173. The molecule has 3 aliphatic carbocycles. The molecule has 3 saturated carbocycles. The molecule has 3 fully saturated rings.